The first-order valence-electron chi connectivity index (χ1n) is 5.62. The van der Waals surface area contributed by atoms with Crippen LogP contribution < -0.4 is 5.32 Å². The van der Waals surface area contributed by atoms with Gasteiger partial charge in [0.05, 0.1) is 5.41 Å². The molecule has 1 aliphatic rings. The predicted molar refractivity (Wildman–Crippen MR) is 66.0 cm³/mol. The van der Waals surface area contributed by atoms with E-state index in [0.29, 0.717) is 5.02 Å². The Morgan fingerprint density at radius 1 is 1.38 bits per heavy atom. The lowest BCUT2D eigenvalue weighted by atomic mass is 9.73. The highest BCUT2D eigenvalue weighted by molar-refractivity contribution is 6.30. The summed E-state index contributed by atoms with van der Waals surface area (Å²) in [5.74, 6) is 0. The van der Waals surface area contributed by atoms with Gasteiger partial charge in [0.1, 0.15) is 6.29 Å². The van der Waals surface area contributed by atoms with Crippen molar-refractivity contribution in [1.82, 2.24) is 5.32 Å². The molecular formula is C13H16ClNO. The molecule has 0 spiro atoms. The van der Waals surface area contributed by atoms with Crippen LogP contribution in [0.2, 0.25) is 5.02 Å². The maximum absolute atomic E-state index is 11.5. The fourth-order valence-electron chi connectivity index (χ4n) is 2.45. The smallest absolute Gasteiger partial charge is 0.130 e. The van der Waals surface area contributed by atoms with Gasteiger partial charge in [0.15, 0.2) is 0 Å². The van der Waals surface area contributed by atoms with E-state index in [4.69, 9.17) is 11.6 Å². The standard InChI is InChI=1S/C13H16ClNO/c1-10-2-3-11(14)8-12(10)13(9-16)4-6-15-7-5-13/h2-3,8-9,15H,4-7H2,1H3. The number of hydrogen-bond acceptors (Lipinski definition) is 2. The number of nitrogens with one attached hydrogen (secondary N) is 1. The van der Waals surface area contributed by atoms with Crippen LogP contribution in [-0.4, -0.2) is 19.4 Å². The summed E-state index contributed by atoms with van der Waals surface area (Å²) in [6, 6.07) is 5.81. The molecule has 3 heteroatoms. The molecule has 1 aliphatic heterocycles. The van der Waals surface area contributed by atoms with Crippen LogP contribution in [0.5, 0.6) is 0 Å². The maximum atomic E-state index is 11.5. The van der Waals surface area contributed by atoms with Crippen molar-refractivity contribution < 1.29 is 4.79 Å². The van der Waals surface area contributed by atoms with Gasteiger partial charge in [0, 0.05) is 5.02 Å². The quantitative estimate of drug-likeness (QED) is 0.801. The van der Waals surface area contributed by atoms with E-state index in [2.05, 4.69) is 5.32 Å². The SMILES string of the molecule is Cc1ccc(Cl)cc1C1(C=O)CCNCC1. The summed E-state index contributed by atoms with van der Waals surface area (Å²) in [4.78, 5) is 11.5. The molecule has 0 atom stereocenters. The Morgan fingerprint density at radius 3 is 2.69 bits per heavy atom. The number of hydrogen-bond donors (Lipinski definition) is 1. The molecule has 1 N–H and O–H groups in total. The van der Waals surface area contributed by atoms with Gasteiger partial charge < -0.3 is 10.1 Å². The molecule has 1 aromatic rings. The van der Waals surface area contributed by atoms with Gasteiger partial charge in [-0.2, -0.15) is 0 Å². The molecule has 86 valence electrons. The molecule has 0 saturated carbocycles. The maximum Gasteiger partial charge on any atom is 0.130 e. The summed E-state index contributed by atoms with van der Waals surface area (Å²) in [5, 5.41) is 3.99. The second-order valence-electron chi connectivity index (χ2n) is 4.48. The van der Waals surface area contributed by atoms with Crippen molar-refractivity contribution in [2.75, 3.05) is 13.1 Å². The van der Waals surface area contributed by atoms with E-state index in [1.807, 2.05) is 25.1 Å². The highest BCUT2D eigenvalue weighted by Gasteiger charge is 2.34. The van der Waals surface area contributed by atoms with E-state index >= 15 is 0 Å². The van der Waals surface area contributed by atoms with Crippen molar-refractivity contribution in [3.05, 3.63) is 34.3 Å². The Kier molecular flexibility index (Phi) is 3.31. The Labute approximate surface area is 101 Å². The van der Waals surface area contributed by atoms with Crippen LogP contribution in [0.4, 0.5) is 0 Å². The largest absolute Gasteiger partial charge is 0.317 e. The molecular weight excluding hydrogens is 222 g/mol. The van der Waals surface area contributed by atoms with Crippen LogP contribution in [-0.2, 0) is 10.2 Å². The fourth-order valence-corrected chi connectivity index (χ4v) is 2.63. The molecule has 0 radical (unpaired) electrons. The third kappa shape index (κ3) is 2.00. The summed E-state index contributed by atoms with van der Waals surface area (Å²) in [6.45, 7) is 3.83. The molecule has 1 saturated heterocycles. The number of carbonyl (C=O) groups is 1. The zero-order valence-corrected chi connectivity index (χ0v) is 10.2. The molecule has 0 aliphatic carbocycles. The Bertz CT molecular complexity index is 397. The number of carbonyl (C=O) groups excluding carboxylic acids is 1. The van der Waals surface area contributed by atoms with E-state index in [1.165, 1.54) is 0 Å². The topological polar surface area (TPSA) is 29.1 Å². The second-order valence-corrected chi connectivity index (χ2v) is 4.92. The molecule has 0 amide bonds. The molecule has 0 unspecified atom stereocenters. The van der Waals surface area contributed by atoms with Gasteiger partial charge in [0.2, 0.25) is 0 Å². The highest BCUT2D eigenvalue weighted by Crippen LogP contribution is 2.34. The molecule has 16 heavy (non-hydrogen) atoms. The lowest BCUT2D eigenvalue weighted by Gasteiger charge is -2.34. The first kappa shape index (κ1) is 11.6. The van der Waals surface area contributed by atoms with E-state index < -0.39 is 0 Å². The van der Waals surface area contributed by atoms with Crippen LogP contribution in [0, 0.1) is 6.92 Å². The molecule has 0 aromatic heterocycles. The summed E-state index contributed by atoms with van der Waals surface area (Å²) in [7, 11) is 0. The fraction of sp³-hybridized carbons (Fsp3) is 0.462. The highest BCUT2D eigenvalue weighted by atomic mass is 35.5. The lowest BCUT2D eigenvalue weighted by Crippen LogP contribution is -2.41. The van der Waals surface area contributed by atoms with Crippen LogP contribution in [0.15, 0.2) is 18.2 Å². The molecule has 0 bridgehead atoms. The lowest BCUT2D eigenvalue weighted by molar-refractivity contribution is -0.113. The minimum absolute atomic E-state index is 0.333. The van der Waals surface area contributed by atoms with E-state index in [9.17, 15) is 4.79 Å². The number of rotatable bonds is 2. The summed E-state index contributed by atoms with van der Waals surface area (Å²) in [6.07, 6.45) is 2.82. The summed E-state index contributed by atoms with van der Waals surface area (Å²) >= 11 is 6.02. The van der Waals surface area contributed by atoms with Crippen molar-refractivity contribution >= 4 is 17.9 Å². The van der Waals surface area contributed by atoms with Crippen molar-refractivity contribution in [3.63, 3.8) is 0 Å². The Morgan fingerprint density at radius 2 is 2.06 bits per heavy atom. The van der Waals surface area contributed by atoms with Crippen LogP contribution >= 0.6 is 11.6 Å². The number of piperidine rings is 1. The van der Waals surface area contributed by atoms with Gasteiger partial charge >= 0.3 is 0 Å². The first-order valence-corrected chi connectivity index (χ1v) is 5.99. The van der Waals surface area contributed by atoms with Crippen LogP contribution in [0.3, 0.4) is 0 Å². The number of benzene rings is 1. The van der Waals surface area contributed by atoms with Crippen LogP contribution in [0.25, 0.3) is 0 Å². The molecule has 2 nitrogen and oxygen atoms in total. The van der Waals surface area contributed by atoms with Crippen LogP contribution in [0.1, 0.15) is 24.0 Å². The van der Waals surface area contributed by atoms with Crippen molar-refractivity contribution in [1.29, 1.82) is 0 Å². The normalized spacial score (nSPS) is 19.4. The third-order valence-corrected chi connectivity index (χ3v) is 3.69. The van der Waals surface area contributed by atoms with Gasteiger partial charge in [-0.25, -0.2) is 0 Å². The third-order valence-electron chi connectivity index (χ3n) is 3.46. The predicted octanol–water partition coefficient (Wildman–Crippen LogP) is 2.47. The summed E-state index contributed by atoms with van der Waals surface area (Å²) < 4.78 is 0. The number of aldehydes is 1. The monoisotopic (exact) mass is 237 g/mol. The van der Waals surface area contributed by atoms with Gasteiger partial charge in [0.25, 0.3) is 0 Å². The minimum atomic E-state index is -0.333. The van der Waals surface area contributed by atoms with Gasteiger partial charge in [-0.05, 0) is 56.1 Å². The van der Waals surface area contributed by atoms with E-state index in [-0.39, 0.29) is 5.41 Å². The average molecular weight is 238 g/mol. The molecule has 2 rings (SSSR count). The van der Waals surface area contributed by atoms with Gasteiger partial charge in [-0.15, -0.1) is 0 Å². The molecule has 1 aromatic carbocycles. The number of aryl methyl sites for hydroxylation is 1. The Balaban J connectivity index is 2.46. The molecule has 1 fully saturated rings. The van der Waals surface area contributed by atoms with Crippen molar-refractivity contribution in [3.8, 4) is 0 Å². The average Bonchev–Trinajstić information content (AvgIpc) is 2.33. The van der Waals surface area contributed by atoms with Gasteiger partial charge in [-0.3, -0.25) is 0 Å². The number of halogens is 1. The zero-order valence-electron chi connectivity index (χ0n) is 9.42. The minimum Gasteiger partial charge on any atom is -0.317 e. The Hall–Kier alpha value is -0.860. The van der Waals surface area contributed by atoms with Crippen molar-refractivity contribution in [2.24, 2.45) is 0 Å². The second kappa shape index (κ2) is 4.56. The zero-order chi connectivity index (χ0) is 11.6. The molecule has 1 heterocycles. The van der Waals surface area contributed by atoms with E-state index in [0.717, 1.165) is 43.3 Å². The van der Waals surface area contributed by atoms with Gasteiger partial charge in [-0.1, -0.05) is 17.7 Å². The first-order chi connectivity index (χ1) is 7.68. The van der Waals surface area contributed by atoms with E-state index in [1.54, 1.807) is 0 Å². The summed E-state index contributed by atoms with van der Waals surface area (Å²) in [5.41, 5.74) is 1.91. The van der Waals surface area contributed by atoms with Crippen molar-refractivity contribution in [2.45, 2.75) is 25.2 Å².